The third kappa shape index (κ3) is 6.08. The number of benzene rings is 1. The Kier molecular flexibility index (Phi) is 7.87. The lowest BCUT2D eigenvalue weighted by molar-refractivity contribution is -0.179. The number of carbonyl (C=O) groups excluding carboxylic acids is 1. The van der Waals surface area contributed by atoms with E-state index in [0.717, 1.165) is 12.0 Å². The minimum atomic E-state index is -0.478. The van der Waals surface area contributed by atoms with E-state index in [-0.39, 0.29) is 29.8 Å². The van der Waals surface area contributed by atoms with E-state index in [2.05, 4.69) is 26.1 Å². The highest BCUT2D eigenvalue weighted by atomic mass is 16.7. The summed E-state index contributed by atoms with van der Waals surface area (Å²) < 4.78 is 11.8. The lowest BCUT2D eigenvalue weighted by Gasteiger charge is -2.42. The number of ether oxygens (including phenoxy) is 2. The molecule has 1 aliphatic rings. The van der Waals surface area contributed by atoms with Gasteiger partial charge in [0.15, 0.2) is 5.76 Å². The summed E-state index contributed by atoms with van der Waals surface area (Å²) in [6, 6.07) is 9.80. The molecular formula is C22H33NO4. The molecule has 1 aromatic carbocycles. The van der Waals surface area contributed by atoms with Crippen molar-refractivity contribution >= 4 is 5.91 Å². The molecular weight excluding hydrogens is 342 g/mol. The number of nitrogens with one attached hydrogen (secondary N) is 1. The minimum absolute atomic E-state index is 0.0514. The number of hydrogen-bond acceptors (Lipinski definition) is 4. The van der Waals surface area contributed by atoms with Gasteiger partial charge in [-0.05, 0) is 42.7 Å². The maximum atomic E-state index is 12.7. The first-order valence-corrected chi connectivity index (χ1v) is 9.80. The lowest BCUT2D eigenvalue weighted by Crippen LogP contribution is -2.43. The van der Waals surface area contributed by atoms with Gasteiger partial charge in [0.2, 0.25) is 6.29 Å². The standard InChI is InChI=1S/C22H33NO4/c1-5-26-21-17(12-9-13-24)18(22(2,3)4)14-19(27-21)20(25)23-15-16-10-7-6-8-11-16/h6-8,10-11,14,17-18,21,24H,5,9,12-13,15H2,1-4H3,(H,23,25)/t17-,18-,21+/m1/s1. The van der Waals surface area contributed by atoms with E-state index in [1.807, 2.05) is 43.3 Å². The minimum Gasteiger partial charge on any atom is -0.459 e. The van der Waals surface area contributed by atoms with Gasteiger partial charge in [0.05, 0.1) is 0 Å². The van der Waals surface area contributed by atoms with Gasteiger partial charge in [-0.2, -0.15) is 0 Å². The Morgan fingerprint density at radius 3 is 2.56 bits per heavy atom. The van der Waals surface area contributed by atoms with Gasteiger partial charge >= 0.3 is 0 Å². The first kappa shape index (κ1) is 21.5. The third-order valence-electron chi connectivity index (χ3n) is 4.93. The number of amides is 1. The van der Waals surface area contributed by atoms with Crippen LogP contribution in [0.15, 0.2) is 42.2 Å². The monoisotopic (exact) mass is 375 g/mol. The number of aliphatic hydroxyl groups is 1. The maximum absolute atomic E-state index is 12.7. The Morgan fingerprint density at radius 1 is 1.26 bits per heavy atom. The van der Waals surface area contributed by atoms with Gasteiger partial charge in [0.25, 0.3) is 5.91 Å². The molecule has 5 nitrogen and oxygen atoms in total. The normalized spacial score (nSPS) is 22.7. The molecule has 2 N–H and O–H groups in total. The van der Waals surface area contributed by atoms with Gasteiger partial charge in [0.1, 0.15) is 0 Å². The molecule has 1 amide bonds. The van der Waals surface area contributed by atoms with Gasteiger partial charge < -0.3 is 19.9 Å². The molecule has 1 heterocycles. The molecule has 0 aliphatic carbocycles. The third-order valence-corrected chi connectivity index (χ3v) is 4.93. The molecule has 27 heavy (non-hydrogen) atoms. The predicted molar refractivity (Wildman–Crippen MR) is 106 cm³/mol. The van der Waals surface area contributed by atoms with Crippen molar-refractivity contribution in [1.82, 2.24) is 5.32 Å². The Bertz CT molecular complexity index is 621. The van der Waals surface area contributed by atoms with Crippen LogP contribution in [0.5, 0.6) is 0 Å². The van der Waals surface area contributed by atoms with Crippen LogP contribution in [0, 0.1) is 17.3 Å². The van der Waals surface area contributed by atoms with Gasteiger partial charge in [-0.25, -0.2) is 0 Å². The topological polar surface area (TPSA) is 67.8 Å². The van der Waals surface area contributed by atoms with E-state index in [4.69, 9.17) is 9.47 Å². The summed E-state index contributed by atoms with van der Waals surface area (Å²) in [4.78, 5) is 12.7. The largest absolute Gasteiger partial charge is 0.459 e. The molecule has 0 bridgehead atoms. The fourth-order valence-electron chi connectivity index (χ4n) is 3.56. The van der Waals surface area contributed by atoms with E-state index in [0.29, 0.717) is 25.3 Å². The number of carbonyl (C=O) groups is 1. The average molecular weight is 376 g/mol. The summed E-state index contributed by atoms with van der Waals surface area (Å²) in [5.74, 6) is 0.317. The summed E-state index contributed by atoms with van der Waals surface area (Å²) in [6.45, 7) is 9.51. The van der Waals surface area contributed by atoms with Crippen molar-refractivity contribution in [3.05, 3.63) is 47.7 Å². The van der Waals surface area contributed by atoms with Crippen molar-refractivity contribution in [3.8, 4) is 0 Å². The van der Waals surface area contributed by atoms with Crippen LogP contribution in [0.3, 0.4) is 0 Å². The van der Waals surface area contributed by atoms with Crippen molar-refractivity contribution in [2.45, 2.75) is 53.4 Å². The van der Waals surface area contributed by atoms with E-state index in [9.17, 15) is 9.90 Å². The summed E-state index contributed by atoms with van der Waals surface area (Å²) in [7, 11) is 0. The van der Waals surface area contributed by atoms with E-state index in [1.165, 1.54) is 0 Å². The second-order valence-electron chi connectivity index (χ2n) is 8.06. The fourth-order valence-corrected chi connectivity index (χ4v) is 3.56. The first-order chi connectivity index (χ1) is 12.9. The summed E-state index contributed by atoms with van der Waals surface area (Å²) in [6.07, 6.45) is 2.94. The van der Waals surface area contributed by atoms with Crippen molar-refractivity contribution in [2.24, 2.45) is 17.3 Å². The van der Waals surface area contributed by atoms with Crippen molar-refractivity contribution < 1.29 is 19.4 Å². The molecule has 0 fully saturated rings. The lowest BCUT2D eigenvalue weighted by atomic mass is 9.70. The van der Waals surface area contributed by atoms with Crippen LogP contribution < -0.4 is 5.32 Å². The molecule has 3 atom stereocenters. The van der Waals surface area contributed by atoms with Crippen LogP contribution in [-0.2, 0) is 20.8 Å². The van der Waals surface area contributed by atoms with Gasteiger partial charge in [-0.3, -0.25) is 4.79 Å². The number of allylic oxidation sites excluding steroid dienone is 1. The van der Waals surface area contributed by atoms with Crippen LogP contribution >= 0.6 is 0 Å². The van der Waals surface area contributed by atoms with Crippen molar-refractivity contribution in [2.75, 3.05) is 13.2 Å². The van der Waals surface area contributed by atoms with Crippen LogP contribution in [0.1, 0.15) is 46.1 Å². The van der Waals surface area contributed by atoms with E-state index in [1.54, 1.807) is 0 Å². The number of hydrogen-bond donors (Lipinski definition) is 2. The fraction of sp³-hybridized carbons (Fsp3) is 0.591. The molecule has 0 aromatic heterocycles. The highest BCUT2D eigenvalue weighted by Crippen LogP contribution is 2.42. The molecule has 1 aliphatic heterocycles. The Labute approximate surface area is 162 Å². The molecule has 0 unspecified atom stereocenters. The first-order valence-electron chi connectivity index (χ1n) is 9.80. The zero-order valence-corrected chi connectivity index (χ0v) is 16.9. The molecule has 0 saturated heterocycles. The molecule has 150 valence electrons. The van der Waals surface area contributed by atoms with Crippen LogP contribution in [0.25, 0.3) is 0 Å². The summed E-state index contributed by atoms with van der Waals surface area (Å²) in [5, 5.41) is 12.2. The smallest absolute Gasteiger partial charge is 0.286 e. The zero-order valence-electron chi connectivity index (χ0n) is 16.9. The second-order valence-corrected chi connectivity index (χ2v) is 8.06. The molecule has 0 spiro atoms. The highest BCUT2D eigenvalue weighted by molar-refractivity contribution is 5.91. The van der Waals surface area contributed by atoms with Crippen LogP contribution in [0.2, 0.25) is 0 Å². The molecule has 5 heteroatoms. The van der Waals surface area contributed by atoms with E-state index >= 15 is 0 Å². The maximum Gasteiger partial charge on any atom is 0.286 e. The van der Waals surface area contributed by atoms with Crippen molar-refractivity contribution in [3.63, 3.8) is 0 Å². The van der Waals surface area contributed by atoms with Crippen molar-refractivity contribution in [1.29, 1.82) is 0 Å². The van der Waals surface area contributed by atoms with Crippen LogP contribution in [0.4, 0.5) is 0 Å². The Balaban J connectivity index is 2.18. The summed E-state index contributed by atoms with van der Waals surface area (Å²) in [5.41, 5.74) is 0.987. The quantitative estimate of drug-likeness (QED) is 0.728. The van der Waals surface area contributed by atoms with Gasteiger partial charge in [-0.1, -0.05) is 51.1 Å². The Morgan fingerprint density at radius 2 is 1.96 bits per heavy atom. The number of aliphatic hydroxyl groups excluding tert-OH is 1. The SMILES string of the molecule is CCO[C@H]1OC(C(=O)NCc2ccccc2)=C[C@@H](C(C)(C)C)[C@H]1CCCO. The van der Waals surface area contributed by atoms with Gasteiger partial charge in [-0.15, -0.1) is 0 Å². The molecule has 1 aromatic rings. The number of rotatable bonds is 8. The second kappa shape index (κ2) is 9.90. The molecule has 0 saturated carbocycles. The average Bonchev–Trinajstić information content (AvgIpc) is 2.65. The summed E-state index contributed by atoms with van der Waals surface area (Å²) >= 11 is 0. The predicted octanol–water partition coefficient (Wildman–Crippen LogP) is 3.63. The van der Waals surface area contributed by atoms with E-state index < -0.39 is 6.29 Å². The highest BCUT2D eigenvalue weighted by Gasteiger charge is 2.42. The zero-order chi connectivity index (χ0) is 19.9. The van der Waals surface area contributed by atoms with Crippen LogP contribution in [-0.4, -0.2) is 30.5 Å². The molecule has 2 rings (SSSR count). The Hall–Kier alpha value is -1.85. The molecule has 0 radical (unpaired) electrons. The van der Waals surface area contributed by atoms with Gasteiger partial charge in [0, 0.05) is 25.7 Å².